The van der Waals surface area contributed by atoms with Crippen LogP contribution in [-0.4, -0.2) is 11.9 Å². The summed E-state index contributed by atoms with van der Waals surface area (Å²) in [4.78, 5) is 11.8. The number of nitrogen functional groups attached to an aromatic ring is 1. The molecule has 1 amide bonds. The van der Waals surface area contributed by atoms with Crippen molar-refractivity contribution in [3.63, 3.8) is 0 Å². The Morgan fingerprint density at radius 1 is 1.44 bits per heavy atom. The summed E-state index contributed by atoms with van der Waals surface area (Å²) in [6.45, 7) is 4.09. The predicted octanol–water partition coefficient (Wildman–Crippen LogP) is 2.84. The van der Waals surface area contributed by atoms with Crippen molar-refractivity contribution in [3.8, 4) is 0 Å². The SMILES string of the molecule is CCC(CC)NC(=O)c1ccc(N)c(Cl)c1. The number of amides is 1. The maximum absolute atomic E-state index is 11.8. The Morgan fingerprint density at radius 2 is 2.06 bits per heavy atom. The quantitative estimate of drug-likeness (QED) is 0.796. The first-order chi connectivity index (χ1) is 7.58. The second-order valence-corrected chi connectivity index (χ2v) is 4.13. The minimum absolute atomic E-state index is 0.101. The van der Waals surface area contributed by atoms with E-state index >= 15 is 0 Å². The van der Waals surface area contributed by atoms with Gasteiger partial charge in [-0.3, -0.25) is 4.79 Å². The van der Waals surface area contributed by atoms with Crippen molar-refractivity contribution in [2.24, 2.45) is 0 Å². The minimum atomic E-state index is -0.101. The van der Waals surface area contributed by atoms with Crippen molar-refractivity contribution in [2.45, 2.75) is 32.7 Å². The van der Waals surface area contributed by atoms with Gasteiger partial charge in [-0.1, -0.05) is 25.4 Å². The van der Waals surface area contributed by atoms with Crippen LogP contribution >= 0.6 is 11.6 Å². The molecule has 0 aliphatic heterocycles. The van der Waals surface area contributed by atoms with Crippen LogP contribution < -0.4 is 11.1 Å². The lowest BCUT2D eigenvalue weighted by Gasteiger charge is -2.14. The number of hydrogen-bond acceptors (Lipinski definition) is 2. The molecule has 0 aliphatic carbocycles. The van der Waals surface area contributed by atoms with Gasteiger partial charge in [0, 0.05) is 11.6 Å². The van der Waals surface area contributed by atoms with Gasteiger partial charge in [0.15, 0.2) is 0 Å². The maximum atomic E-state index is 11.8. The molecule has 0 saturated heterocycles. The molecule has 0 fully saturated rings. The van der Waals surface area contributed by atoms with E-state index in [1.807, 2.05) is 13.8 Å². The number of rotatable bonds is 4. The third-order valence-electron chi connectivity index (χ3n) is 2.58. The molecule has 3 N–H and O–H groups in total. The highest BCUT2D eigenvalue weighted by Crippen LogP contribution is 2.19. The van der Waals surface area contributed by atoms with E-state index in [2.05, 4.69) is 5.32 Å². The molecule has 1 rings (SSSR count). The molecule has 0 aromatic heterocycles. The highest BCUT2D eigenvalue weighted by Gasteiger charge is 2.11. The van der Waals surface area contributed by atoms with Gasteiger partial charge >= 0.3 is 0 Å². The Labute approximate surface area is 101 Å². The first kappa shape index (κ1) is 12.8. The monoisotopic (exact) mass is 240 g/mol. The van der Waals surface area contributed by atoms with Crippen LogP contribution in [-0.2, 0) is 0 Å². The third kappa shape index (κ3) is 3.14. The number of nitrogens with one attached hydrogen (secondary N) is 1. The second kappa shape index (κ2) is 5.75. The first-order valence-electron chi connectivity index (χ1n) is 5.44. The van der Waals surface area contributed by atoms with Gasteiger partial charge in [-0.2, -0.15) is 0 Å². The Kier molecular flexibility index (Phi) is 4.62. The topological polar surface area (TPSA) is 55.1 Å². The van der Waals surface area contributed by atoms with Crippen molar-refractivity contribution in [1.82, 2.24) is 5.32 Å². The lowest BCUT2D eigenvalue weighted by Crippen LogP contribution is -2.33. The molecular formula is C12H17ClN2O. The molecule has 16 heavy (non-hydrogen) atoms. The van der Waals surface area contributed by atoms with Crippen LogP contribution in [0.4, 0.5) is 5.69 Å². The van der Waals surface area contributed by atoms with Gasteiger partial charge in [0.1, 0.15) is 0 Å². The molecule has 0 saturated carbocycles. The van der Waals surface area contributed by atoms with E-state index in [9.17, 15) is 4.79 Å². The van der Waals surface area contributed by atoms with E-state index < -0.39 is 0 Å². The van der Waals surface area contributed by atoms with Crippen LogP contribution in [0.2, 0.25) is 5.02 Å². The molecule has 0 bridgehead atoms. The Hall–Kier alpha value is -1.22. The number of nitrogens with two attached hydrogens (primary N) is 1. The molecule has 0 unspecified atom stereocenters. The molecule has 0 spiro atoms. The average Bonchev–Trinajstić information content (AvgIpc) is 2.29. The number of carbonyl (C=O) groups excluding carboxylic acids is 1. The summed E-state index contributed by atoms with van der Waals surface area (Å²) in [5.74, 6) is -0.101. The number of benzene rings is 1. The van der Waals surface area contributed by atoms with E-state index in [1.54, 1.807) is 18.2 Å². The molecule has 3 nitrogen and oxygen atoms in total. The summed E-state index contributed by atoms with van der Waals surface area (Å²) >= 11 is 5.86. The highest BCUT2D eigenvalue weighted by molar-refractivity contribution is 6.33. The molecule has 1 aromatic rings. The standard InChI is InChI=1S/C12H17ClN2O/c1-3-9(4-2)15-12(16)8-5-6-11(14)10(13)7-8/h5-7,9H,3-4,14H2,1-2H3,(H,15,16). The van der Waals surface area contributed by atoms with Crippen LogP contribution in [0.15, 0.2) is 18.2 Å². The number of halogens is 1. The summed E-state index contributed by atoms with van der Waals surface area (Å²) in [5.41, 5.74) is 6.61. The third-order valence-corrected chi connectivity index (χ3v) is 2.91. The predicted molar refractivity (Wildman–Crippen MR) is 67.7 cm³/mol. The van der Waals surface area contributed by atoms with Gasteiger partial charge < -0.3 is 11.1 Å². The zero-order chi connectivity index (χ0) is 12.1. The Bertz CT molecular complexity index is 375. The van der Waals surface area contributed by atoms with Crippen LogP contribution in [0.25, 0.3) is 0 Å². The van der Waals surface area contributed by atoms with Crippen molar-refractivity contribution in [1.29, 1.82) is 0 Å². The van der Waals surface area contributed by atoms with E-state index in [-0.39, 0.29) is 11.9 Å². The van der Waals surface area contributed by atoms with Crippen molar-refractivity contribution in [2.75, 3.05) is 5.73 Å². The van der Waals surface area contributed by atoms with E-state index in [1.165, 1.54) is 0 Å². The summed E-state index contributed by atoms with van der Waals surface area (Å²) in [7, 11) is 0. The first-order valence-corrected chi connectivity index (χ1v) is 5.82. The van der Waals surface area contributed by atoms with E-state index in [4.69, 9.17) is 17.3 Å². The summed E-state index contributed by atoms with van der Waals surface area (Å²) in [6.07, 6.45) is 1.84. The second-order valence-electron chi connectivity index (χ2n) is 3.72. The van der Waals surface area contributed by atoms with Crippen molar-refractivity contribution >= 4 is 23.2 Å². The normalized spacial score (nSPS) is 10.5. The van der Waals surface area contributed by atoms with Gasteiger partial charge in [0.2, 0.25) is 0 Å². The lowest BCUT2D eigenvalue weighted by atomic mass is 10.1. The fraction of sp³-hybridized carbons (Fsp3) is 0.417. The fourth-order valence-electron chi connectivity index (χ4n) is 1.43. The Morgan fingerprint density at radius 3 is 2.56 bits per heavy atom. The molecular weight excluding hydrogens is 224 g/mol. The fourth-order valence-corrected chi connectivity index (χ4v) is 1.61. The van der Waals surface area contributed by atoms with Crippen molar-refractivity contribution < 1.29 is 4.79 Å². The maximum Gasteiger partial charge on any atom is 0.251 e. The van der Waals surface area contributed by atoms with Crippen LogP contribution in [0.1, 0.15) is 37.0 Å². The van der Waals surface area contributed by atoms with E-state index in [0.717, 1.165) is 12.8 Å². The zero-order valence-electron chi connectivity index (χ0n) is 9.59. The summed E-state index contributed by atoms with van der Waals surface area (Å²) in [6, 6.07) is 5.13. The minimum Gasteiger partial charge on any atom is -0.398 e. The van der Waals surface area contributed by atoms with Gasteiger partial charge in [-0.05, 0) is 31.0 Å². The zero-order valence-corrected chi connectivity index (χ0v) is 10.3. The molecule has 1 aromatic carbocycles. The van der Waals surface area contributed by atoms with Gasteiger partial charge in [0.05, 0.1) is 10.7 Å². The summed E-state index contributed by atoms with van der Waals surface area (Å²) in [5, 5.41) is 3.36. The van der Waals surface area contributed by atoms with Gasteiger partial charge in [-0.15, -0.1) is 0 Å². The molecule has 0 heterocycles. The molecule has 88 valence electrons. The van der Waals surface area contributed by atoms with Gasteiger partial charge in [-0.25, -0.2) is 0 Å². The Balaban J connectivity index is 2.76. The molecule has 0 atom stereocenters. The highest BCUT2D eigenvalue weighted by atomic mass is 35.5. The molecule has 0 aliphatic rings. The summed E-state index contributed by atoms with van der Waals surface area (Å²) < 4.78 is 0. The van der Waals surface area contributed by atoms with Gasteiger partial charge in [0.25, 0.3) is 5.91 Å². The number of carbonyl (C=O) groups is 1. The van der Waals surface area contributed by atoms with Crippen molar-refractivity contribution in [3.05, 3.63) is 28.8 Å². The largest absolute Gasteiger partial charge is 0.398 e. The average molecular weight is 241 g/mol. The number of hydrogen-bond donors (Lipinski definition) is 2. The lowest BCUT2D eigenvalue weighted by molar-refractivity contribution is 0.0935. The number of anilines is 1. The van der Waals surface area contributed by atoms with E-state index in [0.29, 0.717) is 16.3 Å². The smallest absolute Gasteiger partial charge is 0.251 e. The van der Waals surface area contributed by atoms with Crippen LogP contribution in [0.5, 0.6) is 0 Å². The molecule has 0 radical (unpaired) electrons. The molecule has 4 heteroatoms. The van der Waals surface area contributed by atoms with Crippen LogP contribution in [0, 0.1) is 0 Å². The van der Waals surface area contributed by atoms with Crippen LogP contribution in [0.3, 0.4) is 0 Å².